The normalized spacial score (nSPS) is 16.6. The minimum Gasteiger partial charge on any atom is -0.314 e. The van der Waals surface area contributed by atoms with Gasteiger partial charge < -0.3 is 5.32 Å². The van der Waals surface area contributed by atoms with Gasteiger partial charge in [0.1, 0.15) is 0 Å². The van der Waals surface area contributed by atoms with Crippen molar-refractivity contribution in [3.05, 3.63) is 54.1 Å². The van der Waals surface area contributed by atoms with Crippen LogP contribution in [0.3, 0.4) is 0 Å². The second-order valence-corrected chi connectivity index (χ2v) is 7.42. The average molecular weight is 316 g/mol. The van der Waals surface area contributed by atoms with Gasteiger partial charge in [-0.25, -0.2) is 8.42 Å². The summed E-state index contributed by atoms with van der Waals surface area (Å²) < 4.78 is 27.5. The SMILES string of the molecule is Cc1ccc(-c2ccccc2S(=O)(=O)N2CCNCC2)cc1. The molecule has 116 valence electrons. The van der Waals surface area contributed by atoms with Gasteiger partial charge in [-0.05, 0) is 18.6 Å². The lowest BCUT2D eigenvalue weighted by molar-refractivity contribution is 0.360. The van der Waals surface area contributed by atoms with E-state index in [9.17, 15) is 8.42 Å². The molecule has 22 heavy (non-hydrogen) atoms. The van der Waals surface area contributed by atoms with E-state index in [-0.39, 0.29) is 0 Å². The number of rotatable bonds is 3. The molecule has 3 rings (SSSR count). The van der Waals surface area contributed by atoms with Crippen LogP contribution in [-0.2, 0) is 10.0 Å². The van der Waals surface area contributed by atoms with Gasteiger partial charge in [0.15, 0.2) is 0 Å². The molecule has 2 aromatic rings. The van der Waals surface area contributed by atoms with Gasteiger partial charge >= 0.3 is 0 Å². The molecular formula is C17H20N2O2S. The van der Waals surface area contributed by atoms with E-state index in [2.05, 4.69) is 5.32 Å². The maximum atomic E-state index is 12.9. The van der Waals surface area contributed by atoms with Crippen LogP contribution in [0.4, 0.5) is 0 Å². The number of hydrogen-bond acceptors (Lipinski definition) is 3. The minimum absolute atomic E-state index is 0.390. The lowest BCUT2D eigenvalue weighted by Gasteiger charge is -2.27. The van der Waals surface area contributed by atoms with Gasteiger partial charge in [0.25, 0.3) is 0 Å². The Labute approximate surface area is 131 Å². The minimum atomic E-state index is -3.46. The van der Waals surface area contributed by atoms with Crippen LogP contribution in [0.15, 0.2) is 53.4 Å². The zero-order valence-electron chi connectivity index (χ0n) is 12.6. The van der Waals surface area contributed by atoms with Gasteiger partial charge in [0, 0.05) is 31.7 Å². The summed E-state index contributed by atoms with van der Waals surface area (Å²) in [6.07, 6.45) is 0. The van der Waals surface area contributed by atoms with Crippen molar-refractivity contribution in [2.45, 2.75) is 11.8 Å². The Morgan fingerprint density at radius 2 is 1.59 bits per heavy atom. The van der Waals surface area contributed by atoms with E-state index in [0.29, 0.717) is 31.1 Å². The van der Waals surface area contributed by atoms with Crippen molar-refractivity contribution in [2.75, 3.05) is 26.2 Å². The molecule has 1 saturated heterocycles. The molecule has 1 aliphatic rings. The first-order chi connectivity index (χ1) is 10.6. The number of benzene rings is 2. The van der Waals surface area contributed by atoms with Crippen LogP contribution >= 0.6 is 0 Å². The molecule has 0 unspecified atom stereocenters. The highest BCUT2D eigenvalue weighted by Gasteiger charge is 2.28. The molecule has 1 N–H and O–H groups in total. The van der Waals surface area contributed by atoms with E-state index in [1.54, 1.807) is 16.4 Å². The molecule has 0 aliphatic carbocycles. The van der Waals surface area contributed by atoms with E-state index < -0.39 is 10.0 Å². The first kappa shape index (κ1) is 15.2. The third kappa shape index (κ3) is 2.92. The summed E-state index contributed by atoms with van der Waals surface area (Å²) in [6, 6.07) is 15.2. The number of nitrogens with zero attached hydrogens (tertiary/aromatic N) is 1. The summed E-state index contributed by atoms with van der Waals surface area (Å²) in [7, 11) is -3.46. The van der Waals surface area contributed by atoms with Crippen LogP contribution < -0.4 is 5.32 Å². The maximum absolute atomic E-state index is 12.9. The van der Waals surface area contributed by atoms with Gasteiger partial charge in [-0.1, -0.05) is 48.0 Å². The highest BCUT2D eigenvalue weighted by atomic mass is 32.2. The predicted octanol–water partition coefficient (Wildman–Crippen LogP) is 2.26. The van der Waals surface area contributed by atoms with Crippen molar-refractivity contribution in [2.24, 2.45) is 0 Å². The van der Waals surface area contributed by atoms with Crippen molar-refractivity contribution < 1.29 is 8.42 Å². The molecule has 4 nitrogen and oxygen atoms in total. The molecule has 5 heteroatoms. The van der Waals surface area contributed by atoms with Crippen LogP contribution in [0.25, 0.3) is 11.1 Å². The zero-order valence-corrected chi connectivity index (χ0v) is 13.4. The summed E-state index contributed by atoms with van der Waals surface area (Å²) in [6.45, 7) is 4.46. The van der Waals surface area contributed by atoms with E-state index >= 15 is 0 Å². The molecule has 1 aliphatic heterocycles. The first-order valence-corrected chi connectivity index (χ1v) is 8.90. The summed E-state index contributed by atoms with van der Waals surface area (Å²) in [5.74, 6) is 0. The molecule has 1 heterocycles. The summed E-state index contributed by atoms with van der Waals surface area (Å²) >= 11 is 0. The molecule has 2 aromatic carbocycles. The third-order valence-corrected chi connectivity index (χ3v) is 5.90. The molecule has 0 saturated carbocycles. The molecule has 0 bridgehead atoms. The standard InChI is InChI=1S/C17H20N2O2S/c1-14-6-8-15(9-7-14)16-4-2-3-5-17(16)22(20,21)19-12-10-18-11-13-19/h2-9,18H,10-13H2,1H3. The Balaban J connectivity index is 2.06. The second-order valence-electron chi connectivity index (χ2n) is 5.52. The second kappa shape index (κ2) is 6.20. The van der Waals surface area contributed by atoms with Gasteiger partial charge in [-0.15, -0.1) is 0 Å². The van der Waals surface area contributed by atoms with Gasteiger partial charge in [0.2, 0.25) is 10.0 Å². The summed E-state index contributed by atoms with van der Waals surface area (Å²) in [5.41, 5.74) is 2.85. The number of aryl methyl sites for hydroxylation is 1. The molecule has 0 radical (unpaired) electrons. The third-order valence-electron chi connectivity index (χ3n) is 3.94. The smallest absolute Gasteiger partial charge is 0.243 e. The van der Waals surface area contributed by atoms with Gasteiger partial charge in [-0.2, -0.15) is 4.31 Å². The summed E-state index contributed by atoms with van der Waals surface area (Å²) in [4.78, 5) is 0.390. The molecule has 0 amide bonds. The van der Waals surface area contributed by atoms with Crippen molar-refractivity contribution in [3.63, 3.8) is 0 Å². The Bertz CT molecular complexity index is 748. The lowest BCUT2D eigenvalue weighted by Crippen LogP contribution is -2.46. The highest BCUT2D eigenvalue weighted by Crippen LogP contribution is 2.29. The van der Waals surface area contributed by atoms with Crippen LogP contribution in [0.1, 0.15) is 5.56 Å². The molecular weight excluding hydrogens is 296 g/mol. The largest absolute Gasteiger partial charge is 0.314 e. The predicted molar refractivity (Wildman–Crippen MR) is 88.2 cm³/mol. The van der Waals surface area contributed by atoms with Gasteiger partial charge in [-0.3, -0.25) is 0 Å². The number of nitrogens with one attached hydrogen (secondary N) is 1. The number of sulfonamides is 1. The van der Waals surface area contributed by atoms with Gasteiger partial charge in [0.05, 0.1) is 4.90 Å². The maximum Gasteiger partial charge on any atom is 0.243 e. The average Bonchev–Trinajstić information content (AvgIpc) is 2.56. The van der Waals surface area contributed by atoms with E-state index in [1.165, 1.54) is 0 Å². The highest BCUT2D eigenvalue weighted by molar-refractivity contribution is 7.89. The monoisotopic (exact) mass is 316 g/mol. The van der Waals surface area contributed by atoms with Crippen LogP contribution in [0.2, 0.25) is 0 Å². The van der Waals surface area contributed by atoms with E-state index in [0.717, 1.165) is 16.7 Å². The van der Waals surface area contributed by atoms with Crippen molar-refractivity contribution in [1.29, 1.82) is 0 Å². The molecule has 1 fully saturated rings. The van der Waals surface area contributed by atoms with Crippen molar-refractivity contribution in [1.82, 2.24) is 9.62 Å². The van der Waals surface area contributed by atoms with E-state index in [1.807, 2.05) is 43.3 Å². The fourth-order valence-electron chi connectivity index (χ4n) is 2.69. The summed E-state index contributed by atoms with van der Waals surface area (Å²) in [5, 5.41) is 3.18. The molecule has 0 aromatic heterocycles. The van der Waals surface area contributed by atoms with Crippen LogP contribution in [0, 0.1) is 6.92 Å². The molecule has 0 atom stereocenters. The quantitative estimate of drug-likeness (QED) is 0.945. The Hall–Kier alpha value is -1.69. The van der Waals surface area contributed by atoms with Crippen molar-refractivity contribution >= 4 is 10.0 Å². The zero-order chi connectivity index (χ0) is 15.6. The lowest BCUT2D eigenvalue weighted by atomic mass is 10.0. The number of piperazine rings is 1. The molecule has 0 spiro atoms. The van der Waals surface area contributed by atoms with E-state index in [4.69, 9.17) is 0 Å². The van der Waals surface area contributed by atoms with Crippen LogP contribution in [0.5, 0.6) is 0 Å². The number of hydrogen-bond donors (Lipinski definition) is 1. The Kier molecular flexibility index (Phi) is 4.29. The first-order valence-electron chi connectivity index (χ1n) is 7.46. The fraction of sp³-hybridized carbons (Fsp3) is 0.294. The Morgan fingerprint density at radius 3 is 2.27 bits per heavy atom. The van der Waals surface area contributed by atoms with Crippen LogP contribution in [-0.4, -0.2) is 38.9 Å². The topological polar surface area (TPSA) is 49.4 Å². The van der Waals surface area contributed by atoms with Crippen molar-refractivity contribution in [3.8, 4) is 11.1 Å². The fourth-order valence-corrected chi connectivity index (χ4v) is 4.34. The Morgan fingerprint density at radius 1 is 0.955 bits per heavy atom.